The molecule has 0 radical (unpaired) electrons. The number of thioether (sulfide) groups is 1. The van der Waals surface area contributed by atoms with Crippen molar-refractivity contribution in [1.29, 1.82) is 0 Å². The molecule has 0 saturated heterocycles. The third-order valence-corrected chi connectivity index (χ3v) is 3.27. The summed E-state index contributed by atoms with van der Waals surface area (Å²) in [6.45, 7) is 2.01. The normalized spacial score (nSPS) is 10.4. The van der Waals surface area contributed by atoms with E-state index in [4.69, 9.17) is 0 Å². The molecule has 1 aromatic rings. The van der Waals surface area contributed by atoms with Crippen molar-refractivity contribution in [3.05, 3.63) is 25.4 Å². The molecule has 3 nitrogen and oxygen atoms in total. The summed E-state index contributed by atoms with van der Waals surface area (Å²) in [4.78, 5) is 18.5. The van der Waals surface area contributed by atoms with E-state index in [1.165, 1.54) is 0 Å². The zero-order chi connectivity index (χ0) is 9.84. The highest BCUT2D eigenvalue weighted by molar-refractivity contribution is 14.1. The highest BCUT2D eigenvalue weighted by Gasteiger charge is 2.06. The number of hydrogen-bond donors (Lipinski definition) is 1. The Bertz CT molecular complexity index is 350. The van der Waals surface area contributed by atoms with E-state index in [1.54, 1.807) is 11.8 Å². The number of nitrogens with one attached hydrogen (secondary N) is 1. The van der Waals surface area contributed by atoms with E-state index >= 15 is 0 Å². The molecule has 0 aliphatic rings. The van der Waals surface area contributed by atoms with Crippen LogP contribution in [0.3, 0.4) is 0 Å². The van der Waals surface area contributed by atoms with Gasteiger partial charge in [-0.05, 0) is 35.3 Å². The van der Waals surface area contributed by atoms with Crippen LogP contribution in [0.2, 0.25) is 0 Å². The van der Waals surface area contributed by atoms with Crippen LogP contribution in [0.4, 0.5) is 0 Å². The first-order chi connectivity index (χ1) is 6.19. The van der Waals surface area contributed by atoms with Gasteiger partial charge in [0, 0.05) is 0 Å². The van der Waals surface area contributed by atoms with E-state index in [2.05, 4.69) is 9.97 Å². The van der Waals surface area contributed by atoms with Crippen LogP contribution in [-0.2, 0) is 12.2 Å². The fraction of sp³-hybridized carbons (Fsp3) is 0.500. The fourth-order valence-corrected chi connectivity index (χ4v) is 2.04. The van der Waals surface area contributed by atoms with E-state index in [0.717, 1.165) is 23.7 Å². The second-order valence-electron chi connectivity index (χ2n) is 2.56. The Balaban J connectivity index is 3.14. The minimum Gasteiger partial charge on any atom is -0.309 e. The molecule has 72 valence electrons. The van der Waals surface area contributed by atoms with E-state index < -0.39 is 0 Å². The lowest BCUT2D eigenvalue weighted by molar-refractivity contribution is 0.905. The SMILES string of the molecule is CCc1nc(CSC)[nH]c(=O)c1I. The Kier molecular flexibility index (Phi) is 4.24. The van der Waals surface area contributed by atoms with Gasteiger partial charge in [-0.15, -0.1) is 0 Å². The van der Waals surface area contributed by atoms with Crippen LogP contribution >= 0.6 is 34.4 Å². The zero-order valence-electron chi connectivity index (χ0n) is 7.56. The maximum Gasteiger partial charge on any atom is 0.264 e. The monoisotopic (exact) mass is 310 g/mol. The highest BCUT2D eigenvalue weighted by Crippen LogP contribution is 2.08. The smallest absolute Gasteiger partial charge is 0.264 e. The van der Waals surface area contributed by atoms with Gasteiger partial charge in [0.1, 0.15) is 5.82 Å². The molecule has 0 aliphatic heterocycles. The molecular weight excluding hydrogens is 299 g/mol. The quantitative estimate of drug-likeness (QED) is 0.866. The van der Waals surface area contributed by atoms with Crippen molar-refractivity contribution in [2.24, 2.45) is 0 Å². The first-order valence-electron chi connectivity index (χ1n) is 3.95. The van der Waals surface area contributed by atoms with Crippen LogP contribution in [0.1, 0.15) is 18.4 Å². The summed E-state index contributed by atoms with van der Waals surface area (Å²) < 4.78 is 0.713. The average Bonchev–Trinajstić information content (AvgIpc) is 2.11. The molecule has 0 aromatic carbocycles. The van der Waals surface area contributed by atoms with Gasteiger partial charge in [0.15, 0.2) is 0 Å². The van der Waals surface area contributed by atoms with Gasteiger partial charge in [-0.2, -0.15) is 11.8 Å². The lowest BCUT2D eigenvalue weighted by Crippen LogP contribution is -2.17. The van der Waals surface area contributed by atoms with Gasteiger partial charge in [0.2, 0.25) is 0 Å². The Morgan fingerprint density at radius 2 is 2.31 bits per heavy atom. The summed E-state index contributed by atoms with van der Waals surface area (Å²) in [5.41, 5.74) is 0.880. The van der Waals surface area contributed by atoms with Gasteiger partial charge in [0.25, 0.3) is 5.56 Å². The minimum absolute atomic E-state index is 0.0171. The van der Waals surface area contributed by atoms with Gasteiger partial charge < -0.3 is 4.98 Å². The van der Waals surface area contributed by atoms with Crippen LogP contribution in [0.5, 0.6) is 0 Å². The number of aryl methyl sites for hydroxylation is 1. The topological polar surface area (TPSA) is 45.8 Å². The first-order valence-corrected chi connectivity index (χ1v) is 6.42. The number of H-pyrrole nitrogens is 1. The maximum atomic E-state index is 11.4. The molecule has 0 amide bonds. The molecule has 0 unspecified atom stereocenters. The molecule has 5 heteroatoms. The van der Waals surface area contributed by atoms with Crippen molar-refractivity contribution >= 4 is 34.4 Å². The van der Waals surface area contributed by atoms with E-state index in [-0.39, 0.29) is 5.56 Å². The van der Waals surface area contributed by atoms with E-state index in [9.17, 15) is 4.79 Å². The minimum atomic E-state index is -0.0171. The molecule has 1 heterocycles. The molecule has 0 spiro atoms. The first kappa shape index (κ1) is 11.0. The maximum absolute atomic E-state index is 11.4. The van der Waals surface area contributed by atoms with Crippen LogP contribution < -0.4 is 5.56 Å². The average molecular weight is 310 g/mol. The molecule has 1 N–H and O–H groups in total. The summed E-state index contributed by atoms with van der Waals surface area (Å²) in [5, 5.41) is 0. The Morgan fingerprint density at radius 1 is 1.62 bits per heavy atom. The third kappa shape index (κ3) is 2.70. The lowest BCUT2D eigenvalue weighted by atomic mass is 10.3. The standard InChI is InChI=1S/C8H11IN2OS/c1-3-5-7(9)8(12)11-6(10-5)4-13-2/h3-4H2,1-2H3,(H,10,11,12). The third-order valence-electron chi connectivity index (χ3n) is 1.60. The Labute approximate surface area is 94.9 Å². The molecule has 0 saturated carbocycles. The van der Waals surface area contributed by atoms with Gasteiger partial charge in [-0.25, -0.2) is 4.98 Å². The number of halogens is 1. The summed E-state index contributed by atoms with van der Waals surface area (Å²) in [5.74, 6) is 1.54. The van der Waals surface area contributed by atoms with Crippen molar-refractivity contribution in [2.45, 2.75) is 19.1 Å². The van der Waals surface area contributed by atoms with Gasteiger partial charge in [-0.3, -0.25) is 4.79 Å². The summed E-state index contributed by atoms with van der Waals surface area (Å²) in [6, 6.07) is 0. The number of aromatic amines is 1. The van der Waals surface area contributed by atoms with E-state index in [1.807, 2.05) is 35.8 Å². The highest BCUT2D eigenvalue weighted by atomic mass is 127. The second kappa shape index (κ2) is 4.99. The lowest BCUT2D eigenvalue weighted by Gasteiger charge is -2.02. The molecule has 0 atom stereocenters. The summed E-state index contributed by atoms with van der Waals surface area (Å²) in [7, 11) is 0. The van der Waals surface area contributed by atoms with Crippen molar-refractivity contribution in [1.82, 2.24) is 9.97 Å². The largest absolute Gasteiger partial charge is 0.309 e. The predicted molar refractivity (Wildman–Crippen MR) is 64.2 cm³/mol. The Morgan fingerprint density at radius 3 is 2.85 bits per heavy atom. The zero-order valence-corrected chi connectivity index (χ0v) is 10.5. The number of rotatable bonds is 3. The van der Waals surface area contributed by atoms with Gasteiger partial charge >= 0.3 is 0 Å². The molecule has 1 rings (SSSR count). The van der Waals surface area contributed by atoms with Crippen molar-refractivity contribution in [2.75, 3.05) is 6.26 Å². The summed E-state index contributed by atoms with van der Waals surface area (Å²) in [6.07, 6.45) is 2.80. The summed E-state index contributed by atoms with van der Waals surface area (Å²) >= 11 is 3.69. The molecule has 13 heavy (non-hydrogen) atoms. The number of hydrogen-bond acceptors (Lipinski definition) is 3. The molecular formula is C8H11IN2OS. The number of nitrogens with zero attached hydrogens (tertiary/aromatic N) is 1. The molecule has 1 aromatic heterocycles. The van der Waals surface area contributed by atoms with Crippen molar-refractivity contribution < 1.29 is 0 Å². The molecule has 0 aliphatic carbocycles. The second-order valence-corrected chi connectivity index (χ2v) is 4.50. The van der Waals surface area contributed by atoms with Crippen molar-refractivity contribution in [3.8, 4) is 0 Å². The van der Waals surface area contributed by atoms with Gasteiger partial charge in [-0.1, -0.05) is 6.92 Å². The van der Waals surface area contributed by atoms with Crippen LogP contribution in [0.25, 0.3) is 0 Å². The molecule has 0 bridgehead atoms. The van der Waals surface area contributed by atoms with Crippen molar-refractivity contribution in [3.63, 3.8) is 0 Å². The van der Waals surface area contributed by atoms with Crippen LogP contribution in [-0.4, -0.2) is 16.2 Å². The molecule has 0 fully saturated rings. The number of aromatic nitrogens is 2. The van der Waals surface area contributed by atoms with Crippen LogP contribution in [0, 0.1) is 3.57 Å². The van der Waals surface area contributed by atoms with E-state index in [0.29, 0.717) is 3.57 Å². The van der Waals surface area contributed by atoms with Crippen LogP contribution in [0.15, 0.2) is 4.79 Å². The van der Waals surface area contributed by atoms with Gasteiger partial charge in [0.05, 0.1) is 15.0 Å². The fourth-order valence-electron chi connectivity index (χ4n) is 0.996. The predicted octanol–water partition coefficient (Wildman–Crippen LogP) is 1.80. The Hall–Kier alpha value is -0.0400.